The van der Waals surface area contributed by atoms with Gasteiger partial charge in [-0.25, -0.2) is 9.37 Å². The van der Waals surface area contributed by atoms with E-state index in [0.29, 0.717) is 10.7 Å². The van der Waals surface area contributed by atoms with E-state index in [4.69, 9.17) is 0 Å². The zero-order chi connectivity index (χ0) is 16.2. The normalized spacial score (nSPS) is 11.9. The van der Waals surface area contributed by atoms with Crippen LogP contribution in [0.4, 0.5) is 4.39 Å². The van der Waals surface area contributed by atoms with Gasteiger partial charge in [0.1, 0.15) is 16.5 Å². The molecular formula is C18H15FN2OS. The second-order valence-electron chi connectivity index (χ2n) is 5.15. The number of thiazole rings is 1. The van der Waals surface area contributed by atoms with Crippen LogP contribution in [-0.4, -0.2) is 10.9 Å². The van der Waals surface area contributed by atoms with Crippen LogP contribution in [0.25, 0.3) is 10.6 Å². The molecule has 1 N–H and O–H groups in total. The molecule has 0 bridgehead atoms. The van der Waals surface area contributed by atoms with Crippen LogP contribution in [0.1, 0.15) is 29.0 Å². The maximum atomic E-state index is 13.0. The van der Waals surface area contributed by atoms with Gasteiger partial charge in [0, 0.05) is 10.9 Å². The van der Waals surface area contributed by atoms with Crippen LogP contribution in [-0.2, 0) is 0 Å². The molecule has 0 fully saturated rings. The highest BCUT2D eigenvalue weighted by molar-refractivity contribution is 7.13. The van der Waals surface area contributed by atoms with Crippen LogP contribution >= 0.6 is 11.3 Å². The van der Waals surface area contributed by atoms with Gasteiger partial charge in [0.05, 0.1) is 6.04 Å². The molecule has 23 heavy (non-hydrogen) atoms. The maximum Gasteiger partial charge on any atom is 0.271 e. The third kappa shape index (κ3) is 3.63. The van der Waals surface area contributed by atoms with E-state index in [1.165, 1.54) is 23.5 Å². The Morgan fingerprint density at radius 2 is 1.83 bits per heavy atom. The Labute approximate surface area is 137 Å². The lowest BCUT2D eigenvalue weighted by Crippen LogP contribution is -2.26. The van der Waals surface area contributed by atoms with Crippen molar-refractivity contribution in [1.29, 1.82) is 0 Å². The lowest BCUT2D eigenvalue weighted by molar-refractivity contribution is 0.0935. The molecule has 0 unspecified atom stereocenters. The molecular weight excluding hydrogens is 311 g/mol. The topological polar surface area (TPSA) is 42.0 Å². The maximum absolute atomic E-state index is 13.0. The standard InChI is InChI=1S/C18H15FN2OS/c1-12(13-5-3-2-4-6-13)20-17(22)16-11-23-18(21-16)14-7-9-15(19)10-8-14/h2-12H,1H3,(H,20,22)/t12-/m0/s1. The monoisotopic (exact) mass is 326 g/mol. The Kier molecular flexibility index (Phi) is 4.48. The van der Waals surface area contributed by atoms with Crippen LogP contribution in [0.15, 0.2) is 60.0 Å². The number of amides is 1. The molecule has 5 heteroatoms. The van der Waals surface area contributed by atoms with E-state index < -0.39 is 0 Å². The molecule has 3 nitrogen and oxygen atoms in total. The average molecular weight is 326 g/mol. The van der Waals surface area contributed by atoms with E-state index in [-0.39, 0.29) is 17.8 Å². The number of hydrogen-bond acceptors (Lipinski definition) is 3. The number of rotatable bonds is 4. The first kappa shape index (κ1) is 15.4. The van der Waals surface area contributed by atoms with Gasteiger partial charge in [0.2, 0.25) is 0 Å². The van der Waals surface area contributed by atoms with Crippen molar-refractivity contribution in [3.05, 3.63) is 77.1 Å². The van der Waals surface area contributed by atoms with Crippen molar-refractivity contribution in [3.63, 3.8) is 0 Å². The molecule has 0 aliphatic carbocycles. The number of nitrogens with one attached hydrogen (secondary N) is 1. The molecule has 2 aromatic carbocycles. The number of benzene rings is 2. The molecule has 0 radical (unpaired) electrons. The van der Waals surface area contributed by atoms with Gasteiger partial charge in [0.25, 0.3) is 5.91 Å². The summed E-state index contributed by atoms with van der Waals surface area (Å²) in [6, 6.07) is 15.7. The second-order valence-corrected chi connectivity index (χ2v) is 6.01. The first-order valence-electron chi connectivity index (χ1n) is 7.21. The number of hydrogen-bond donors (Lipinski definition) is 1. The van der Waals surface area contributed by atoms with Gasteiger partial charge < -0.3 is 5.32 Å². The van der Waals surface area contributed by atoms with Crippen molar-refractivity contribution in [2.75, 3.05) is 0 Å². The molecule has 0 saturated heterocycles. The van der Waals surface area contributed by atoms with Crippen molar-refractivity contribution in [1.82, 2.24) is 10.3 Å². The van der Waals surface area contributed by atoms with Gasteiger partial charge >= 0.3 is 0 Å². The molecule has 3 rings (SSSR count). The van der Waals surface area contributed by atoms with Gasteiger partial charge in [-0.3, -0.25) is 4.79 Å². The summed E-state index contributed by atoms with van der Waals surface area (Å²) in [6.45, 7) is 1.93. The van der Waals surface area contributed by atoms with Crippen LogP contribution in [0, 0.1) is 5.82 Å². The zero-order valence-electron chi connectivity index (χ0n) is 12.5. The highest BCUT2D eigenvalue weighted by Gasteiger charge is 2.15. The Balaban J connectivity index is 1.72. The van der Waals surface area contributed by atoms with E-state index >= 15 is 0 Å². The predicted molar refractivity (Wildman–Crippen MR) is 89.8 cm³/mol. The molecule has 0 aliphatic rings. The number of nitrogens with zero attached hydrogens (tertiary/aromatic N) is 1. The smallest absolute Gasteiger partial charge is 0.271 e. The fourth-order valence-corrected chi connectivity index (χ4v) is 3.00. The van der Waals surface area contributed by atoms with Gasteiger partial charge in [-0.15, -0.1) is 11.3 Å². The molecule has 3 aromatic rings. The fraction of sp³-hybridized carbons (Fsp3) is 0.111. The van der Waals surface area contributed by atoms with E-state index in [1.54, 1.807) is 17.5 Å². The molecule has 0 aliphatic heterocycles. The van der Waals surface area contributed by atoms with E-state index in [9.17, 15) is 9.18 Å². The summed E-state index contributed by atoms with van der Waals surface area (Å²) >= 11 is 1.37. The van der Waals surface area contributed by atoms with Crippen molar-refractivity contribution < 1.29 is 9.18 Å². The quantitative estimate of drug-likeness (QED) is 0.770. The van der Waals surface area contributed by atoms with Crippen molar-refractivity contribution >= 4 is 17.2 Å². The van der Waals surface area contributed by atoms with Crippen LogP contribution in [0.3, 0.4) is 0 Å². The van der Waals surface area contributed by atoms with Crippen LogP contribution in [0.5, 0.6) is 0 Å². The van der Waals surface area contributed by atoms with Crippen LogP contribution < -0.4 is 5.32 Å². The van der Waals surface area contributed by atoms with Crippen molar-refractivity contribution in [2.24, 2.45) is 0 Å². The molecule has 1 atom stereocenters. The van der Waals surface area contributed by atoms with Gasteiger partial charge in [0.15, 0.2) is 0 Å². The summed E-state index contributed by atoms with van der Waals surface area (Å²) in [5.41, 5.74) is 2.21. The number of aromatic nitrogens is 1. The highest BCUT2D eigenvalue weighted by atomic mass is 32.1. The Hall–Kier alpha value is -2.53. The van der Waals surface area contributed by atoms with Crippen molar-refractivity contribution in [3.8, 4) is 10.6 Å². The number of carbonyl (C=O) groups excluding carboxylic acids is 1. The zero-order valence-corrected chi connectivity index (χ0v) is 13.3. The summed E-state index contributed by atoms with van der Waals surface area (Å²) in [6.07, 6.45) is 0. The highest BCUT2D eigenvalue weighted by Crippen LogP contribution is 2.24. The third-order valence-corrected chi connectivity index (χ3v) is 4.37. The Morgan fingerprint density at radius 1 is 1.13 bits per heavy atom. The van der Waals surface area contributed by atoms with Gasteiger partial charge in [-0.1, -0.05) is 30.3 Å². The molecule has 1 heterocycles. The summed E-state index contributed by atoms with van der Waals surface area (Å²) in [7, 11) is 0. The molecule has 116 valence electrons. The molecule has 1 aromatic heterocycles. The molecule has 1 amide bonds. The minimum Gasteiger partial charge on any atom is -0.344 e. The third-order valence-electron chi connectivity index (χ3n) is 3.48. The Morgan fingerprint density at radius 3 is 2.52 bits per heavy atom. The number of carbonyl (C=O) groups is 1. The lowest BCUT2D eigenvalue weighted by Gasteiger charge is -2.13. The summed E-state index contributed by atoms with van der Waals surface area (Å²) < 4.78 is 13.0. The lowest BCUT2D eigenvalue weighted by atomic mass is 10.1. The minimum absolute atomic E-state index is 0.0975. The SMILES string of the molecule is C[C@H](NC(=O)c1csc(-c2ccc(F)cc2)n1)c1ccccc1. The van der Waals surface area contributed by atoms with E-state index in [1.807, 2.05) is 37.3 Å². The first-order valence-corrected chi connectivity index (χ1v) is 8.09. The van der Waals surface area contributed by atoms with Gasteiger partial charge in [-0.05, 0) is 36.8 Å². The Bertz CT molecular complexity index is 799. The van der Waals surface area contributed by atoms with E-state index in [2.05, 4.69) is 10.3 Å². The second kappa shape index (κ2) is 6.71. The van der Waals surface area contributed by atoms with Crippen LogP contribution in [0.2, 0.25) is 0 Å². The largest absolute Gasteiger partial charge is 0.344 e. The molecule has 0 spiro atoms. The fourth-order valence-electron chi connectivity index (χ4n) is 2.20. The molecule has 0 saturated carbocycles. The summed E-state index contributed by atoms with van der Waals surface area (Å²) in [4.78, 5) is 16.6. The summed E-state index contributed by atoms with van der Waals surface area (Å²) in [5.74, 6) is -0.508. The van der Waals surface area contributed by atoms with Crippen molar-refractivity contribution in [2.45, 2.75) is 13.0 Å². The number of halogens is 1. The van der Waals surface area contributed by atoms with E-state index in [0.717, 1.165) is 11.1 Å². The minimum atomic E-state index is -0.292. The van der Waals surface area contributed by atoms with Gasteiger partial charge in [-0.2, -0.15) is 0 Å². The first-order chi connectivity index (χ1) is 11.1. The summed E-state index contributed by atoms with van der Waals surface area (Å²) in [5, 5.41) is 5.34. The average Bonchev–Trinajstić information content (AvgIpc) is 3.06. The predicted octanol–water partition coefficient (Wildman–Crippen LogP) is 4.44.